The molecular formula is C20H25NO4S. The third kappa shape index (κ3) is 4.84. The highest BCUT2D eigenvalue weighted by Gasteiger charge is 2.34. The Morgan fingerprint density at radius 2 is 2.12 bits per heavy atom. The number of rotatable bonds is 6. The van der Waals surface area contributed by atoms with Crippen molar-refractivity contribution in [2.24, 2.45) is 0 Å². The van der Waals surface area contributed by atoms with Crippen LogP contribution in [0, 0.1) is 6.92 Å². The molecule has 0 spiro atoms. The van der Waals surface area contributed by atoms with E-state index in [9.17, 15) is 9.90 Å². The van der Waals surface area contributed by atoms with Gasteiger partial charge in [-0.15, -0.1) is 11.3 Å². The zero-order valence-electron chi connectivity index (χ0n) is 15.4. The van der Waals surface area contributed by atoms with E-state index in [0.29, 0.717) is 11.5 Å². The zero-order valence-corrected chi connectivity index (χ0v) is 16.2. The highest BCUT2D eigenvalue weighted by molar-refractivity contribution is 7.14. The second kappa shape index (κ2) is 7.78. The molecule has 1 aliphatic rings. The summed E-state index contributed by atoms with van der Waals surface area (Å²) in [6.07, 6.45) is -0.0307. The summed E-state index contributed by atoms with van der Waals surface area (Å²) in [7, 11) is 0. The highest BCUT2D eigenvalue weighted by atomic mass is 32.1. The molecule has 2 heterocycles. The molecule has 1 aromatic carbocycles. The van der Waals surface area contributed by atoms with Crippen LogP contribution in [0.1, 0.15) is 34.0 Å². The van der Waals surface area contributed by atoms with Crippen molar-refractivity contribution < 1.29 is 19.4 Å². The number of aryl methyl sites for hydroxylation is 1. The number of para-hydroxylation sites is 1. The predicted octanol–water partition coefficient (Wildman–Crippen LogP) is 3.81. The van der Waals surface area contributed by atoms with Gasteiger partial charge >= 0.3 is 5.97 Å². The van der Waals surface area contributed by atoms with E-state index in [1.54, 1.807) is 6.07 Å². The molecule has 0 radical (unpaired) electrons. The van der Waals surface area contributed by atoms with Gasteiger partial charge in [-0.1, -0.05) is 18.2 Å². The van der Waals surface area contributed by atoms with Crippen LogP contribution in [-0.4, -0.2) is 47.4 Å². The minimum atomic E-state index is -0.860. The number of hydrogen-bond acceptors (Lipinski definition) is 5. The summed E-state index contributed by atoms with van der Waals surface area (Å²) in [4.78, 5) is 15.0. The van der Waals surface area contributed by atoms with Crippen molar-refractivity contribution in [3.05, 3.63) is 51.7 Å². The van der Waals surface area contributed by atoms with Crippen molar-refractivity contribution in [3.63, 3.8) is 0 Å². The summed E-state index contributed by atoms with van der Waals surface area (Å²) in [5.74, 6) is -0.0217. The molecule has 0 bridgehead atoms. The number of carbonyl (C=O) groups is 1. The topological polar surface area (TPSA) is 59.0 Å². The molecule has 3 rings (SSSR count). The molecule has 1 saturated heterocycles. The summed E-state index contributed by atoms with van der Waals surface area (Å²) in [6, 6.07) is 11.5. The van der Waals surface area contributed by atoms with Crippen LogP contribution < -0.4 is 4.74 Å². The molecule has 0 aliphatic carbocycles. The molecule has 1 atom stereocenters. The molecule has 0 amide bonds. The maximum absolute atomic E-state index is 11.2. The van der Waals surface area contributed by atoms with Crippen LogP contribution in [0.2, 0.25) is 0 Å². The van der Waals surface area contributed by atoms with Crippen LogP contribution in [0.25, 0.3) is 0 Å². The van der Waals surface area contributed by atoms with Crippen molar-refractivity contribution in [3.8, 4) is 5.75 Å². The minimum absolute atomic E-state index is 0.0307. The lowest BCUT2D eigenvalue weighted by molar-refractivity contribution is -0.147. The number of carboxylic acids is 1. The van der Waals surface area contributed by atoms with E-state index < -0.39 is 5.97 Å². The van der Waals surface area contributed by atoms with E-state index in [1.165, 1.54) is 11.3 Å². The zero-order chi connectivity index (χ0) is 18.7. The number of thiophene rings is 1. The van der Waals surface area contributed by atoms with Gasteiger partial charge in [-0.25, -0.2) is 4.79 Å². The number of morpholine rings is 1. The van der Waals surface area contributed by atoms with E-state index in [2.05, 4.69) is 18.7 Å². The lowest BCUT2D eigenvalue weighted by Crippen LogP contribution is -2.53. The fourth-order valence-corrected chi connectivity index (χ4v) is 4.23. The van der Waals surface area contributed by atoms with Gasteiger partial charge in [0.2, 0.25) is 0 Å². The number of benzene rings is 1. The molecular weight excluding hydrogens is 350 g/mol. The molecule has 0 saturated carbocycles. The molecule has 1 unspecified atom stereocenters. The van der Waals surface area contributed by atoms with E-state index in [0.717, 1.165) is 35.8 Å². The number of hydrogen-bond donors (Lipinski definition) is 1. The third-order valence-corrected chi connectivity index (χ3v) is 5.44. The molecule has 26 heavy (non-hydrogen) atoms. The average molecular weight is 375 g/mol. The van der Waals surface area contributed by atoms with Crippen LogP contribution in [0.4, 0.5) is 0 Å². The first kappa shape index (κ1) is 18.9. The lowest BCUT2D eigenvalue weighted by Gasteiger charge is -2.42. The maximum atomic E-state index is 11.2. The molecule has 2 aromatic rings. The molecule has 1 N–H and O–H groups in total. The smallest absolute Gasteiger partial charge is 0.345 e. The van der Waals surface area contributed by atoms with Crippen molar-refractivity contribution in [1.29, 1.82) is 0 Å². The van der Waals surface area contributed by atoms with Gasteiger partial charge in [-0.2, -0.15) is 0 Å². The first-order chi connectivity index (χ1) is 12.3. The molecule has 140 valence electrons. The maximum Gasteiger partial charge on any atom is 0.345 e. The van der Waals surface area contributed by atoms with Gasteiger partial charge in [0.1, 0.15) is 23.3 Å². The fourth-order valence-electron chi connectivity index (χ4n) is 3.35. The largest absolute Gasteiger partial charge is 0.491 e. The summed E-state index contributed by atoms with van der Waals surface area (Å²) in [5.41, 5.74) is 0.801. The van der Waals surface area contributed by atoms with Gasteiger partial charge in [0.05, 0.1) is 5.60 Å². The SMILES string of the molecule is Cc1sc(C(=O)O)cc1CN1CC(COc2ccccc2)OC(C)(C)C1. The Bertz CT molecular complexity index is 756. The van der Waals surface area contributed by atoms with Crippen LogP contribution in [0.15, 0.2) is 36.4 Å². The molecule has 5 nitrogen and oxygen atoms in total. The fraction of sp³-hybridized carbons (Fsp3) is 0.450. The van der Waals surface area contributed by atoms with E-state index in [4.69, 9.17) is 9.47 Å². The Morgan fingerprint density at radius 3 is 2.77 bits per heavy atom. The first-order valence-electron chi connectivity index (χ1n) is 8.73. The number of ether oxygens (including phenoxy) is 2. The number of carboxylic acid groups (broad SMARTS) is 1. The van der Waals surface area contributed by atoms with Crippen LogP contribution >= 0.6 is 11.3 Å². The second-order valence-electron chi connectivity index (χ2n) is 7.29. The summed E-state index contributed by atoms with van der Waals surface area (Å²) >= 11 is 1.34. The van der Waals surface area contributed by atoms with E-state index in [1.807, 2.05) is 37.3 Å². The first-order valence-corrected chi connectivity index (χ1v) is 9.55. The standard InChI is InChI=1S/C20H25NO4S/c1-14-15(9-18(26-14)19(22)23)10-21-11-17(25-20(2,3)13-21)12-24-16-7-5-4-6-8-16/h4-9,17H,10-13H2,1-3H3,(H,22,23). The Labute approximate surface area is 158 Å². The van der Waals surface area contributed by atoms with Gasteiger partial charge < -0.3 is 14.6 Å². The van der Waals surface area contributed by atoms with E-state index in [-0.39, 0.29) is 11.7 Å². The van der Waals surface area contributed by atoms with Crippen LogP contribution in [0.3, 0.4) is 0 Å². The Balaban J connectivity index is 1.65. The monoisotopic (exact) mass is 375 g/mol. The molecule has 6 heteroatoms. The highest BCUT2D eigenvalue weighted by Crippen LogP contribution is 2.27. The number of aromatic carboxylic acids is 1. The Morgan fingerprint density at radius 1 is 1.38 bits per heavy atom. The van der Waals surface area contributed by atoms with Gasteiger partial charge in [-0.3, -0.25) is 4.90 Å². The number of nitrogens with zero attached hydrogens (tertiary/aromatic N) is 1. The normalized spacial score (nSPS) is 20.0. The van der Waals surface area contributed by atoms with Gasteiger partial charge in [-0.05, 0) is 44.5 Å². The van der Waals surface area contributed by atoms with Gasteiger partial charge in [0.15, 0.2) is 0 Å². The van der Waals surface area contributed by atoms with Crippen molar-refractivity contribution >= 4 is 17.3 Å². The minimum Gasteiger partial charge on any atom is -0.491 e. The van der Waals surface area contributed by atoms with Gasteiger partial charge in [0, 0.05) is 24.5 Å². The second-order valence-corrected chi connectivity index (χ2v) is 8.55. The van der Waals surface area contributed by atoms with Crippen molar-refractivity contribution in [2.45, 2.75) is 39.0 Å². The van der Waals surface area contributed by atoms with Crippen LogP contribution in [0.5, 0.6) is 5.75 Å². The lowest BCUT2D eigenvalue weighted by atomic mass is 10.0. The quantitative estimate of drug-likeness (QED) is 0.832. The molecule has 1 aliphatic heterocycles. The third-order valence-electron chi connectivity index (χ3n) is 4.36. The van der Waals surface area contributed by atoms with Gasteiger partial charge in [0.25, 0.3) is 0 Å². The summed E-state index contributed by atoms with van der Waals surface area (Å²) < 4.78 is 12.0. The van der Waals surface area contributed by atoms with Crippen LogP contribution in [-0.2, 0) is 11.3 Å². The molecule has 1 aromatic heterocycles. The summed E-state index contributed by atoms with van der Waals surface area (Å²) in [5, 5.41) is 9.19. The van der Waals surface area contributed by atoms with Crippen molar-refractivity contribution in [2.75, 3.05) is 19.7 Å². The van der Waals surface area contributed by atoms with E-state index >= 15 is 0 Å². The Kier molecular flexibility index (Phi) is 5.65. The summed E-state index contributed by atoms with van der Waals surface area (Å²) in [6.45, 7) is 8.92. The molecule has 1 fully saturated rings. The Hall–Kier alpha value is -1.89. The van der Waals surface area contributed by atoms with Crippen molar-refractivity contribution in [1.82, 2.24) is 4.90 Å². The predicted molar refractivity (Wildman–Crippen MR) is 102 cm³/mol. The average Bonchev–Trinajstić information content (AvgIpc) is 2.94.